The summed E-state index contributed by atoms with van der Waals surface area (Å²) in [4.78, 5) is 35.5. The first-order valence-corrected chi connectivity index (χ1v) is 22.6. The zero-order valence-electron chi connectivity index (χ0n) is 36.9. The number of aryl methyl sites for hydroxylation is 1. The molecule has 3 N–H and O–H groups in total. The molecule has 0 radical (unpaired) electrons. The van der Waals surface area contributed by atoms with E-state index in [1.54, 1.807) is 0 Å². The molecule has 2 saturated heterocycles. The Morgan fingerprint density at radius 2 is 1.71 bits per heavy atom. The second-order valence-corrected chi connectivity index (χ2v) is 22.0. The van der Waals surface area contributed by atoms with Crippen LogP contribution >= 0.6 is 0 Å². The van der Waals surface area contributed by atoms with Crippen LogP contribution in [0, 0.1) is 52.3 Å². The van der Waals surface area contributed by atoms with Crippen molar-refractivity contribution in [1.29, 1.82) is 0 Å². The number of aliphatic imine (C=N–C) groups is 1. The molecule has 0 amide bonds. The number of epoxide rings is 1. The number of hydrogen-bond donors (Lipinski definition) is 3. The molecule has 0 bridgehead atoms. The second kappa shape index (κ2) is 13.8. The Bertz CT molecular complexity index is 2070. The van der Waals surface area contributed by atoms with E-state index in [1.165, 1.54) is 0 Å². The summed E-state index contributed by atoms with van der Waals surface area (Å²) in [6, 6.07) is 6.37. The standard InChI is InChI=1S/C50H68N2O7/c1-28-20-30(24-32(21-28)50(57)15-18-58-19-16-50)23-31-26-52(34-12-17-51-41(31)34)27-33-40-39(29(2)22-35(53)44-46(5,6)59-44)36(54)25-49(40,9)48(8)14-10-37-45(3,4)38(55)11-13-47(37,7)43(48)42(33)56/h12,17,20-21,24,26,29,33-35,37,42-44,53,56-57H,10-11,13-16,18-19,22-23,25,27H2,1-9H3/t29-,33+,34?,35-,37+,42?,43?,44+,47+,48+,49-/m1/s1. The minimum absolute atomic E-state index is 0.0868. The third-order valence-corrected chi connectivity index (χ3v) is 17.8. The number of aliphatic hydroxyl groups excluding tert-OH is 2. The number of ether oxygens (including phenoxy) is 2. The highest BCUT2D eigenvalue weighted by molar-refractivity contribution is 6.09. The summed E-state index contributed by atoms with van der Waals surface area (Å²) in [6.07, 6.45) is 10.2. The van der Waals surface area contributed by atoms with Crippen molar-refractivity contribution in [3.05, 3.63) is 70.1 Å². The van der Waals surface area contributed by atoms with E-state index in [-0.39, 0.29) is 58.0 Å². The van der Waals surface area contributed by atoms with Crippen LogP contribution in [0.3, 0.4) is 0 Å². The molecule has 1 aromatic carbocycles. The van der Waals surface area contributed by atoms with E-state index >= 15 is 0 Å². The molecule has 9 nitrogen and oxygen atoms in total. The highest BCUT2D eigenvalue weighted by atomic mass is 16.6. The van der Waals surface area contributed by atoms with Crippen molar-refractivity contribution in [1.82, 2.24) is 4.90 Å². The quantitative estimate of drug-likeness (QED) is 0.221. The van der Waals surface area contributed by atoms with E-state index in [2.05, 4.69) is 83.8 Å². The predicted molar refractivity (Wildman–Crippen MR) is 227 cm³/mol. The van der Waals surface area contributed by atoms with Gasteiger partial charge in [0.25, 0.3) is 0 Å². The minimum atomic E-state index is -0.906. The lowest BCUT2D eigenvalue weighted by Gasteiger charge is -2.70. The van der Waals surface area contributed by atoms with Crippen molar-refractivity contribution in [2.24, 2.45) is 50.3 Å². The highest BCUT2D eigenvalue weighted by Gasteiger charge is 2.72. The van der Waals surface area contributed by atoms with Gasteiger partial charge in [-0.3, -0.25) is 14.6 Å². The number of hydrogen-bond acceptors (Lipinski definition) is 9. The van der Waals surface area contributed by atoms with Crippen molar-refractivity contribution >= 4 is 17.3 Å². The highest BCUT2D eigenvalue weighted by Crippen LogP contribution is 2.75. The Morgan fingerprint density at radius 3 is 2.41 bits per heavy atom. The molecule has 3 saturated carbocycles. The Kier molecular flexibility index (Phi) is 9.67. The van der Waals surface area contributed by atoms with Crippen LogP contribution in [0.25, 0.3) is 0 Å². The summed E-state index contributed by atoms with van der Waals surface area (Å²) in [5, 5.41) is 36.4. The average molecular weight is 809 g/mol. The molecule has 8 aliphatic rings. The van der Waals surface area contributed by atoms with Crippen molar-refractivity contribution in [3.8, 4) is 0 Å². The zero-order chi connectivity index (χ0) is 42.2. The lowest BCUT2D eigenvalue weighted by atomic mass is 9.34. The molecule has 3 unspecified atom stereocenters. The van der Waals surface area contributed by atoms with Gasteiger partial charge >= 0.3 is 0 Å². The first-order valence-electron chi connectivity index (χ1n) is 22.6. The number of ketones is 2. The average Bonchev–Trinajstić information content (AvgIpc) is 3.44. The maximum Gasteiger partial charge on any atom is 0.160 e. The number of allylic oxidation sites excluding steroid dienone is 1. The molecule has 0 aromatic heterocycles. The first kappa shape index (κ1) is 41.4. The maximum absolute atomic E-state index is 14.7. The number of fused-ring (bicyclic) bond motifs is 6. The van der Waals surface area contributed by atoms with Crippen LogP contribution < -0.4 is 0 Å². The predicted octanol–water partition coefficient (Wildman–Crippen LogP) is 7.33. The number of rotatable bonds is 9. The van der Waals surface area contributed by atoms with Gasteiger partial charge in [0.2, 0.25) is 0 Å². The van der Waals surface area contributed by atoms with Gasteiger partial charge in [0.15, 0.2) is 5.78 Å². The molecular formula is C50H68N2O7. The van der Waals surface area contributed by atoms with Crippen molar-refractivity contribution in [2.75, 3.05) is 19.8 Å². The Labute approximate surface area is 351 Å². The lowest BCUT2D eigenvalue weighted by molar-refractivity contribution is -0.219. The molecule has 4 aliphatic heterocycles. The fourth-order valence-corrected chi connectivity index (χ4v) is 14.6. The first-order chi connectivity index (χ1) is 27.6. The summed E-state index contributed by atoms with van der Waals surface area (Å²) >= 11 is 0. The normalized spacial score (nSPS) is 39.9. The fraction of sp³-hybridized carbons (Fsp3) is 0.700. The summed E-state index contributed by atoms with van der Waals surface area (Å²) in [6.45, 7) is 21.0. The third-order valence-electron chi connectivity index (χ3n) is 17.8. The Morgan fingerprint density at radius 1 is 1.00 bits per heavy atom. The molecule has 9 rings (SSSR count). The molecule has 11 atom stereocenters. The van der Waals surface area contributed by atoms with E-state index in [0.29, 0.717) is 64.1 Å². The van der Waals surface area contributed by atoms with E-state index in [1.807, 2.05) is 20.0 Å². The minimum Gasteiger partial charge on any atom is -0.392 e. The van der Waals surface area contributed by atoms with Crippen LogP contribution in [0.5, 0.6) is 0 Å². The van der Waals surface area contributed by atoms with Gasteiger partial charge < -0.3 is 29.7 Å². The van der Waals surface area contributed by atoms with Gasteiger partial charge in [0.1, 0.15) is 11.9 Å². The third kappa shape index (κ3) is 6.20. The van der Waals surface area contributed by atoms with E-state index in [4.69, 9.17) is 14.5 Å². The van der Waals surface area contributed by atoms with Gasteiger partial charge in [-0.15, -0.1) is 0 Å². The van der Waals surface area contributed by atoms with Gasteiger partial charge in [-0.25, -0.2) is 0 Å². The summed E-state index contributed by atoms with van der Waals surface area (Å²) in [5.74, 6) is -0.0679. The maximum atomic E-state index is 14.7. The van der Waals surface area contributed by atoms with Crippen LogP contribution in [-0.2, 0) is 31.1 Å². The Balaban J connectivity index is 1.11. The van der Waals surface area contributed by atoms with Crippen molar-refractivity contribution in [2.45, 2.75) is 156 Å². The second-order valence-electron chi connectivity index (χ2n) is 22.0. The van der Waals surface area contributed by atoms with Crippen LogP contribution in [0.15, 0.2) is 58.4 Å². The monoisotopic (exact) mass is 809 g/mol. The van der Waals surface area contributed by atoms with Gasteiger partial charge in [0.05, 0.1) is 35.2 Å². The number of Topliss-reactive ketones (excluding diaryl/α,β-unsaturated/α-hetero) is 2. The van der Waals surface area contributed by atoms with E-state index in [9.17, 15) is 24.9 Å². The largest absolute Gasteiger partial charge is 0.392 e. The molecule has 9 heteroatoms. The Hall–Kier alpha value is -2.95. The summed E-state index contributed by atoms with van der Waals surface area (Å²) in [7, 11) is 0. The van der Waals surface area contributed by atoms with Crippen LogP contribution in [0.2, 0.25) is 0 Å². The molecule has 5 fully saturated rings. The number of carbonyl (C=O) groups excluding carboxylic acids is 2. The van der Waals surface area contributed by atoms with Gasteiger partial charge in [0, 0.05) is 81.0 Å². The van der Waals surface area contributed by atoms with Gasteiger partial charge in [-0.05, 0) is 109 Å². The molecule has 4 aliphatic carbocycles. The topological polar surface area (TPSA) is 132 Å². The van der Waals surface area contributed by atoms with Gasteiger partial charge in [-0.2, -0.15) is 0 Å². The zero-order valence-corrected chi connectivity index (χ0v) is 36.9. The summed E-state index contributed by atoms with van der Waals surface area (Å²) < 4.78 is 11.5. The van der Waals surface area contributed by atoms with Crippen molar-refractivity contribution in [3.63, 3.8) is 0 Å². The molecule has 320 valence electrons. The SMILES string of the molecule is Cc1cc(CC2=CN(C[C@H]3C4=C([C@H](C)C[C@@H](O)[C@@H]5OC5(C)C)C(=O)C[C@@]4(C)[C@@]4(C)CC[C@H]5C(C)(C)C(=O)CC[C@]5(C)C4C3O)C3C=CN=C23)cc(C2(O)CCOCC2)c1. The number of aliphatic hydroxyl groups is 3. The molecule has 0 spiro atoms. The lowest BCUT2D eigenvalue weighted by Crippen LogP contribution is -2.68. The number of nitrogens with zero attached hydrogens (tertiary/aromatic N) is 2. The smallest absolute Gasteiger partial charge is 0.160 e. The van der Waals surface area contributed by atoms with Crippen LogP contribution in [-0.4, -0.2) is 87.2 Å². The fourth-order valence-electron chi connectivity index (χ4n) is 14.6. The molecule has 4 heterocycles. The van der Waals surface area contributed by atoms with Crippen LogP contribution in [0.4, 0.5) is 0 Å². The van der Waals surface area contributed by atoms with Gasteiger partial charge in [-0.1, -0.05) is 65.3 Å². The molecule has 59 heavy (non-hydrogen) atoms. The van der Waals surface area contributed by atoms with E-state index in [0.717, 1.165) is 58.4 Å². The number of carbonyl (C=O) groups is 2. The summed E-state index contributed by atoms with van der Waals surface area (Å²) in [5.41, 5.74) is 4.26. The van der Waals surface area contributed by atoms with Crippen LogP contribution in [0.1, 0.15) is 123 Å². The molecular weight excluding hydrogens is 741 g/mol. The molecule has 1 aromatic rings. The number of benzene rings is 1. The van der Waals surface area contributed by atoms with E-state index < -0.39 is 28.6 Å². The van der Waals surface area contributed by atoms with Crippen molar-refractivity contribution < 1.29 is 34.4 Å².